The molecule has 0 aliphatic heterocycles. The molecule has 8 heteroatoms. The third-order valence-corrected chi connectivity index (χ3v) is 8.36. The van der Waals surface area contributed by atoms with Gasteiger partial charge in [-0.15, -0.1) is 11.3 Å². The van der Waals surface area contributed by atoms with Gasteiger partial charge in [-0.05, 0) is 44.4 Å². The predicted molar refractivity (Wildman–Crippen MR) is 138 cm³/mol. The van der Waals surface area contributed by atoms with E-state index in [9.17, 15) is 4.79 Å². The zero-order valence-corrected chi connectivity index (χ0v) is 21.4. The molecule has 0 atom stereocenters. The summed E-state index contributed by atoms with van der Waals surface area (Å²) in [7, 11) is 0. The maximum Gasteiger partial charge on any atom is 0.412 e. The minimum Gasteiger partial charge on any atom is -0.408 e. The van der Waals surface area contributed by atoms with Crippen LogP contribution in [0.3, 0.4) is 0 Å². The Kier molecular flexibility index (Phi) is 7.76. The first-order valence-electron chi connectivity index (χ1n) is 13.1. The number of carbonyl (C=O) groups excluding carboxylic acids is 1. The largest absolute Gasteiger partial charge is 0.412 e. The summed E-state index contributed by atoms with van der Waals surface area (Å²) in [4.78, 5) is 26.1. The van der Waals surface area contributed by atoms with E-state index in [4.69, 9.17) is 9.72 Å². The molecule has 0 unspecified atom stereocenters. The van der Waals surface area contributed by atoms with Crippen molar-refractivity contribution in [3.63, 3.8) is 0 Å². The topological polar surface area (TPSA) is 81.9 Å². The summed E-state index contributed by atoms with van der Waals surface area (Å²) < 4.78 is 8.14. The van der Waals surface area contributed by atoms with E-state index in [1.54, 1.807) is 29.9 Å². The number of hydrogen-bond acceptors (Lipinski definition) is 6. The lowest BCUT2D eigenvalue weighted by molar-refractivity contribution is 0.196. The Hall–Kier alpha value is -2.74. The van der Waals surface area contributed by atoms with Crippen molar-refractivity contribution in [3.05, 3.63) is 35.7 Å². The summed E-state index contributed by atoms with van der Waals surface area (Å²) in [6.07, 6.45) is 17.4. The molecule has 1 N–H and O–H groups in total. The number of thiazole rings is 1. The van der Waals surface area contributed by atoms with E-state index in [1.165, 1.54) is 64.2 Å². The number of ether oxygens (including phenoxy) is 1. The second kappa shape index (κ2) is 11.3. The van der Waals surface area contributed by atoms with Gasteiger partial charge in [-0.25, -0.2) is 9.78 Å². The molecule has 7 nitrogen and oxygen atoms in total. The molecule has 186 valence electrons. The van der Waals surface area contributed by atoms with Gasteiger partial charge in [-0.1, -0.05) is 38.5 Å². The summed E-state index contributed by atoms with van der Waals surface area (Å²) in [5.41, 5.74) is 3.62. The van der Waals surface area contributed by atoms with Gasteiger partial charge in [0.15, 0.2) is 5.75 Å². The molecule has 2 fully saturated rings. The Balaban J connectivity index is 1.36. The normalized spacial score (nSPS) is 17.4. The van der Waals surface area contributed by atoms with Crippen LogP contribution in [0.15, 0.2) is 30.0 Å². The lowest BCUT2D eigenvalue weighted by atomic mass is 9.89. The van der Waals surface area contributed by atoms with Gasteiger partial charge >= 0.3 is 6.09 Å². The van der Waals surface area contributed by atoms with Gasteiger partial charge < -0.3 is 14.6 Å². The number of rotatable bonds is 7. The lowest BCUT2D eigenvalue weighted by Crippen LogP contribution is -2.32. The van der Waals surface area contributed by atoms with Crippen LogP contribution in [0.25, 0.3) is 22.1 Å². The number of nitrogens with one attached hydrogen (secondary N) is 1. The number of aromatic nitrogens is 4. The molecule has 0 radical (unpaired) electrons. The molecule has 0 saturated heterocycles. The van der Waals surface area contributed by atoms with Crippen LogP contribution in [0.4, 0.5) is 4.79 Å². The van der Waals surface area contributed by atoms with Crippen molar-refractivity contribution >= 4 is 17.4 Å². The van der Waals surface area contributed by atoms with Crippen LogP contribution in [-0.2, 0) is 6.54 Å². The van der Waals surface area contributed by atoms with E-state index in [2.05, 4.69) is 25.2 Å². The van der Waals surface area contributed by atoms with Gasteiger partial charge in [-0.2, -0.15) is 0 Å². The van der Waals surface area contributed by atoms with E-state index >= 15 is 0 Å². The minimum atomic E-state index is -0.362. The van der Waals surface area contributed by atoms with Gasteiger partial charge in [-0.3, -0.25) is 9.97 Å². The SMILES string of the molecule is Cc1c(OC(=O)NCC2CCCCC2)cc(-c2csc(-c3cnccn3)n2)n1CC1CCCCC1. The van der Waals surface area contributed by atoms with Crippen molar-refractivity contribution in [1.82, 2.24) is 24.8 Å². The Morgan fingerprint density at radius 1 is 1.06 bits per heavy atom. The molecular weight excluding hydrogens is 458 g/mol. The minimum absolute atomic E-state index is 0.362. The van der Waals surface area contributed by atoms with Crippen LogP contribution in [0.2, 0.25) is 0 Å². The number of hydrogen-bond donors (Lipinski definition) is 1. The molecule has 2 aliphatic carbocycles. The van der Waals surface area contributed by atoms with E-state index < -0.39 is 0 Å². The molecule has 5 rings (SSSR count). The Morgan fingerprint density at radius 3 is 2.51 bits per heavy atom. The number of nitrogens with zero attached hydrogens (tertiary/aromatic N) is 4. The molecular formula is C27H35N5O2S. The fourth-order valence-electron chi connectivity index (χ4n) is 5.47. The summed E-state index contributed by atoms with van der Waals surface area (Å²) in [6.45, 7) is 3.67. The van der Waals surface area contributed by atoms with E-state index in [1.807, 2.05) is 13.0 Å². The summed E-state index contributed by atoms with van der Waals surface area (Å²) in [5, 5.41) is 5.90. The van der Waals surface area contributed by atoms with Crippen molar-refractivity contribution < 1.29 is 9.53 Å². The Morgan fingerprint density at radius 2 is 1.80 bits per heavy atom. The second-order valence-electron chi connectivity index (χ2n) is 10.00. The molecule has 2 saturated carbocycles. The summed E-state index contributed by atoms with van der Waals surface area (Å²) >= 11 is 1.56. The average Bonchev–Trinajstić information content (AvgIpc) is 3.50. The van der Waals surface area contributed by atoms with E-state index in [0.29, 0.717) is 24.1 Å². The smallest absolute Gasteiger partial charge is 0.408 e. The highest BCUT2D eigenvalue weighted by atomic mass is 32.1. The van der Waals surface area contributed by atoms with Crippen molar-refractivity contribution in [3.8, 4) is 27.8 Å². The molecule has 2 aliphatic rings. The first kappa shape index (κ1) is 24.0. The van der Waals surface area contributed by atoms with Crippen molar-refractivity contribution in [2.45, 2.75) is 77.7 Å². The zero-order chi connectivity index (χ0) is 24.0. The van der Waals surface area contributed by atoms with E-state index in [0.717, 1.165) is 34.3 Å². The monoisotopic (exact) mass is 493 g/mol. The molecule has 3 aromatic rings. The van der Waals surface area contributed by atoms with Crippen LogP contribution < -0.4 is 10.1 Å². The molecule has 1 amide bonds. The Labute approximate surface area is 211 Å². The van der Waals surface area contributed by atoms with Crippen LogP contribution in [0, 0.1) is 18.8 Å². The Bertz CT molecular complexity index is 1110. The van der Waals surface area contributed by atoms with Crippen molar-refractivity contribution in [2.24, 2.45) is 11.8 Å². The van der Waals surface area contributed by atoms with Crippen LogP contribution in [-0.4, -0.2) is 32.2 Å². The fraction of sp³-hybridized carbons (Fsp3) is 0.556. The van der Waals surface area contributed by atoms with Crippen molar-refractivity contribution in [2.75, 3.05) is 6.54 Å². The summed E-state index contributed by atoms with van der Waals surface area (Å²) in [6, 6.07) is 1.98. The molecule has 3 aromatic heterocycles. The number of amides is 1. The highest BCUT2D eigenvalue weighted by molar-refractivity contribution is 7.13. The fourth-order valence-corrected chi connectivity index (χ4v) is 6.25. The number of carbonyl (C=O) groups is 1. The molecule has 0 spiro atoms. The second-order valence-corrected chi connectivity index (χ2v) is 10.9. The lowest BCUT2D eigenvalue weighted by Gasteiger charge is -2.24. The molecule has 35 heavy (non-hydrogen) atoms. The van der Waals surface area contributed by atoms with E-state index in [-0.39, 0.29) is 6.09 Å². The maximum absolute atomic E-state index is 12.7. The van der Waals surface area contributed by atoms with Gasteiger partial charge in [0, 0.05) is 36.9 Å². The standard InChI is InChI=1S/C27H35N5O2S/c1-19-25(34-27(33)30-15-20-8-4-2-5-9-20)14-24(32(19)17-21-10-6-3-7-11-21)23-18-35-26(31-23)22-16-28-12-13-29-22/h12-14,16,18,20-21H,2-11,15,17H2,1H3,(H,30,33). The first-order valence-corrected chi connectivity index (χ1v) is 13.9. The maximum atomic E-state index is 12.7. The first-order chi connectivity index (χ1) is 17.2. The highest BCUT2D eigenvalue weighted by Gasteiger charge is 2.23. The third-order valence-electron chi connectivity index (χ3n) is 7.50. The highest BCUT2D eigenvalue weighted by Crippen LogP contribution is 2.36. The quantitative estimate of drug-likeness (QED) is 0.400. The van der Waals surface area contributed by atoms with Gasteiger partial charge in [0.2, 0.25) is 0 Å². The van der Waals surface area contributed by atoms with Gasteiger partial charge in [0.1, 0.15) is 10.7 Å². The molecule has 0 aromatic carbocycles. The van der Waals surface area contributed by atoms with Crippen LogP contribution >= 0.6 is 11.3 Å². The zero-order valence-electron chi connectivity index (χ0n) is 20.5. The molecule has 0 bridgehead atoms. The summed E-state index contributed by atoms with van der Waals surface area (Å²) in [5.74, 6) is 1.82. The third kappa shape index (κ3) is 5.92. The molecule has 3 heterocycles. The van der Waals surface area contributed by atoms with Crippen LogP contribution in [0.5, 0.6) is 5.75 Å². The van der Waals surface area contributed by atoms with Gasteiger partial charge in [0.05, 0.1) is 23.3 Å². The van der Waals surface area contributed by atoms with Gasteiger partial charge in [0.25, 0.3) is 0 Å². The van der Waals surface area contributed by atoms with Crippen LogP contribution in [0.1, 0.15) is 69.9 Å². The predicted octanol–water partition coefficient (Wildman–Crippen LogP) is 6.63. The average molecular weight is 494 g/mol. The van der Waals surface area contributed by atoms with Crippen molar-refractivity contribution in [1.29, 1.82) is 0 Å².